The average molecular weight is 312 g/mol. The summed E-state index contributed by atoms with van der Waals surface area (Å²) in [6.45, 7) is 9.40. The number of ketones is 1. The second-order valence-electron chi connectivity index (χ2n) is 4.64. The number of anilines is 2. The largest absolute Gasteiger partial charge is 0.397 e. The molecule has 0 atom stereocenters. The molecule has 0 bridgehead atoms. The molecule has 1 aromatic rings. The summed E-state index contributed by atoms with van der Waals surface area (Å²) in [6.07, 6.45) is 0.349. The molecule has 1 rings (SSSR count). The van der Waals surface area contributed by atoms with Crippen molar-refractivity contribution in [3.05, 3.63) is 10.4 Å². The highest BCUT2D eigenvalue weighted by Gasteiger charge is 2.23. The van der Waals surface area contributed by atoms with Crippen LogP contribution in [0.3, 0.4) is 0 Å². The maximum atomic E-state index is 11.8. The fourth-order valence-electron chi connectivity index (χ4n) is 2.05. The van der Waals surface area contributed by atoms with Crippen LogP contribution in [0.15, 0.2) is 0 Å². The highest BCUT2D eigenvalue weighted by atomic mass is 32.1. The number of nitrogens with one attached hydrogen (secondary N) is 1. The van der Waals surface area contributed by atoms with Crippen molar-refractivity contribution in [2.75, 3.05) is 37.2 Å². The van der Waals surface area contributed by atoms with E-state index >= 15 is 0 Å². The topological polar surface area (TPSA) is 101 Å². The molecule has 0 spiro atoms. The molecule has 0 aliphatic rings. The Balaban J connectivity index is 2.90. The second kappa shape index (κ2) is 7.99. The summed E-state index contributed by atoms with van der Waals surface area (Å²) in [6, 6.07) is 0. The molecule has 118 valence electrons. The van der Waals surface area contributed by atoms with E-state index in [1.165, 1.54) is 11.3 Å². The van der Waals surface area contributed by atoms with Gasteiger partial charge in [0.2, 0.25) is 0 Å². The SMILES string of the molecule is CCC(=O)c1sc(NCCN(CC)CC)c(C(N)=O)c1N. The summed E-state index contributed by atoms with van der Waals surface area (Å²) in [5.74, 6) is -0.680. The molecule has 0 fully saturated rings. The van der Waals surface area contributed by atoms with Gasteiger partial charge in [-0.25, -0.2) is 0 Å². The van der Waals surface area contributed by atoms with Gasteiger partial charge in [-0.15, -0.1) is 11.3 Å². The second-order valence-corrected chi connectivity index (χ2v) is 5.66. The zero-order chi connectivity index (χ0) is 16.0. The Morgan fingerprint density at radius 2 is 1.86 bits per heavy atom. The van der Waals surface area contributed by atoms with Crippen molar-refractivity contribution in [3.63, 3.8) is 0 Å². The van der Waals surface area contributed by atoms with Crippen LogP contribution in [0.5, 0.6) is 0 Å². The third kappa shape index (κ3) is 4.18. The van der Waals surface area contributed by atoms with Gasteiger partial charge >= 0.3 is 0 Å². The lowest BCUT2D eigenvalue weighted by Crippen LogP contribution is -2.28. The Morgan fingerprint density at radius 3 is 2.33 bits per heavy atom. The lowest BCUT2D eigenvalue weighted by molar-refractivity contribution is 0.0991. The molecule has 21 heavy (non-hydrogen) atoms. The van der Waals surface area contributed by atoms with Crippen molar-refractivity contribution in [3.8, 4) is 0 Å². The maximum Gasteiger partial charge on any atom is 0.253 e. The molecule has 1 aromatic heterocycles. The van der Waals surface area contributed by atoms with Crippen LogP contribution in [0.4, 0.5) is 10.7 Å². The number of nitrogen functional groups attached to an aromatic ring is 1. The number of likely N-dealkylation sites (N-methyl/N-ethyl adjacent to an activating group) is 1. The Labute approximate surface area is 129 Å². The van der Waals surface area contributed by atoms with Gasteiger partial charge < -0.3 is 21.7 Å². The molecule has 1 heterocycles. The Kier molecular flexibility index (Phi) is 6.64. The molecule has 1 amide bonds. The van der Waals surface area contributed by atoms with E-state index in [2.05, 4.69) is 24.1 Å². The van der Waals surface area contributed by atoms with Gasteiger partial charge in [0.05, 0.1) is 16.1 Å². The quantitative estimate of drug-likeness (QED) is 0.603. The van der Waals surface area contributed by atoms with Gasteiger partial charge in [0.1, 0.15) is 5.00 Å². The average Bonchev–Trinajstić information content (AvgIpc) is 2.79. The summed E-state index contributed by atoms with van der Waals surface area (Å²) < 4.78 is 0. The van der Waals surface area contributed by atoms with E-state index in [1.807, 2.05) is 0 Å². The van der Waals surface area contributed by atoms with Crippen LogP contribution in [0.25, 0.3) is 0 Å². The van der Waals surface area contributed by atoms with Gasteiger partial charge in [-0.3, -0.25) is 9.59 Å². The van der Waals surface area contributed by atoms with E-state index in [4.69, 9.17) is 11.5 Å². The number of nitrogens with two attached hydrogens (primary N) is 2. The molecule has 6 nitrogen and oxygen atoms in total. The third-order valence-corrected chi connectivity index (χ3v) is 4.58. The van der Waals surface area contributed by atoms with Crippen LogP contribution < -0.4 is 16.8 Å². The highest BCUT2D eigenvalue weighted by Crippen LogP contribution is 2.36. The number of primary amides is 1. The number of carbonyl (C=O) groups excluding carboxylic acids is 2. The summed E-state index contributed by atoms with van der Waals surface area (Å²) in [4.78, 5) is 26.1. The van der Waals surface area contributed by atoms with E-state index in [-0.39, 0.29) is 17.0 Å². The van der Waals surface area contributed by atoms with Crippen LogP contribution in [0, 0.1) is 0 Å². The molecular weight excluding hydrogens is 288 g/mol. The van der Waals surface area contributed by atoms with Gasteiger partial charge in [-0.1, -0.05) is 20.8 Å². The zero-order valence-corrected chi connectivity index (χ0v) is 13.7. The first-order valence-electron chi connectivity index (χ1n) is 7.17. The predicted octanol–water partition coefficient (Wildman–Crippen LogP) is 1.78. The standard InChI is InChI=1S/C14H24N4O2S/c1-4-9(19)12-11(15)10(13(16)20)14(21-12)17-7-8-18(5-2)6-3/h17H,4-8,15H2,1-3H3,(H2,16,20). The van der Waals surface area contributed by atoms with E-state index in [1.54, 1.807) is 6.92 Å². The van der Waals surface area contributed by atoms with Crippen molar-refractivity contribution in [1.82, 2.24) is 4.90 Å². The fourth-order valence-corrected chi connectivity index (χ4v) is 3.21. The van der Waals surface area contributed by atoms with Gasteiger partial charge in [-0.05, 0) is 13.1 Å². The Hall–Kier alpha value is -1.60. The van der Waals surface area contributed by atoms with Gasteiger partial charge in [-0.2, -0.15) is 0 Å². The molecule has 0 saturated carbocycles. The first kappa shape index (κ1) is 17.5. The van der Waals surface area contributed by atoms with E-state index in [9.17, 15) is 9.59 Å². The highest BCUT2D eigenvalue weighted by molar-refractivity contribution is 7.19. The number of hydrogen-bond acceptors (Lipinski definition) is 6. The minimum absolute atomic E-state index is 0.0724. The molecule has 5 N–H and O–H groups in total. The van der Waals surface area contributed by atoms with Crippen LogP contribution in [-0.4, -0.2) is 42.8 Å². The van der Waals surface area contributed by atoms with Crippen molar-refractivity contribution >= 4 is 33.7 Å². The predicted molar refractivity (Wildman–Crippen MR) is 88.1 cm³/mol. The monoisotopic (exact) mass is 312 g/mol. The smallest absolute Gasteiger partial charge is 0.253 e. The van der Waals surface area contributed by atoms with E-state index < -0.39 is 5.91 Å². The van der Waals surface area contributed by atoms with Crippen molar-refractivity contribution in [2.45, 2.75) is 27.2 Å². The normalized spacial score (nSPS) is 10.9. The van der Waals surface area contributed by atoms with Crippen LogP contribution in [-0.2, 0) is 0 Å². The van der Waals surface area contributed by atoms with Crippen molar-refractivity contribution < 1.29 is 9.59 Å². The fraction of sp³-hybridized carbons (Fsp3) is 0.571. The van der Waals surface area contributed by atoms with E-state index in [0.29, 0.717) is 22.8 Å². The molecule has 0 saturated heterocycles. The molecule has 0 aromatic carbocycles. The van der Waals surface area contributed by atoms with E-state index in [0.717, 1.165) is 19.6 Å². The van der Waals surface area contributed by atoms with Crippen LogP contribution in [0.2, 0.25) is 0 Å². The molecule has 0 aliphatic carbocycles. The lowest BCUT2D eigenvalue weighted by atomic mass is 10.1. The molecule has 0 aliphatic heterocycles. The maximum absolute atomic E-state index is 11.8. The first-order chi connectivity index (χ1) is 9.96. The molecule has 7 heteroatoms. The number of hydrogen-bond donors (Lipinski definition) is 3. The van der Waals surface area contributed by atoms with Crippen LogP contribution >= 0.6 is 11.3 Å². The summed E-state index contributed by atoms with van der Waals surface area (Å²) in [5.41, 5.74) is 11.7. The van der Waals surface area contributed by atoms with Gasteiger partial charge in [0, 0.05) is 19.5 Å². The Bertz CT molecular complexity index is 509. The lowest BCUT2D eigenvalue weighted by Gasteiger charge is -2.18. The number of amides is 1. The minimum Gasteiger partial charge on any atom is -0.397 e. The number of thiophene rings is 1. The molecule has 0 radical (unpaired) electrons. The van der Waals surface area contributed by atoms with Crippen LogP contribution in [0.1, 0.15) is 47.2 Å². The van der Waals surface area contributed by atoms with Crippen molar-refractivity contribution in [2.24, 2.45) is 5.73 Å². The summed E-state index contributed by atoms with van der Waals surface area (Å²) >= 11 is 1.21. The number of rotatable bonds is 9. The first-order valence-corrected chi connectivity index (χ1v) is 7.99. The molecular formula is C14H24N4O2S. The summed E-state index contributed by atoms with van der Waals surface area (Å²) in [5, 5.41) is 3.76. The number of Topliss-reactive ketones (excluding diaryl/α,β-unsaturated/α-hetero) is 1. The van der Waals surface area contributed by atoms with Crippen molar-refractivity contribution in [1.29, 1.82) is 0 Å². The minimum atomic E-state index is -0.607. The third-order valence-electron chi connectivity index (χ3n) is 3.37. The van der Waals surface area contributed by atoms with Gasteiger partial charge in [0.15, 0.2) is 5.78 Å². The summed E-state index contributed by atoms with van der Waals surface area (Å²) in [7, 11) is 0. The Morgan fingerprint density at radius 1 is 1.24 bits per heavy atom. The van der Waals surface area contributed by atoms with Gasteiger partial charge in [0.25, 0.3) is 5.91 Å². The number of carbonyl (C=O) groups is 2. The molecule has 0 unspecified atom stereocenters. The number of nitrogens with zero attached hydrogens (tertiary/aromatic N) is 1. The zero-order valence-electron chi connectivity index (χ0n) is 12.9.